The summed E-state index contributed by atoms with van der Waals surface area (Å²) < 4.78 is 43.3. The fourth-order valence-corrected chi connectivity index (χ4v) is 2.32. The number of nitrogens with one attached hydrogen (secondary N) is 1. The minimum Gasteiger partial charge on any atom is -0.482 e. The highest BCUT2D eigenvalue weighted by atomic mass is 19.4. The van der Waals surface area contributed by atoms with Crippen LogP contribution in [0.2, 0.25) is 0 Å². The predicted molar refractivity (Wildman–Crippen MR) is 85.4 cm³/mol. The van der Waals surface area contributed by atoms with E-state index in [9.17, 15) is 22.8 Å². The number of hydrogen-bond acceptors (Lipinski definition) is 3. The molecule has 3 rings (SSSR count). The largest absolute Gasteiger partial charge is 0.482 e. The van der Waals surface area contributed by atoms with Crippen molar-refractivity contribution < 1.29 is 27.5 Å². The van der Waals surface area contributed by atoms with Crippen LogP contribution in [0.5, 0.6) is 5.75 Å². The normalized spacial score (nSPS) is 14.0. The molecule has 1 aliphatic rings. The first-order valence-corrected chi connectivity index (χ1v) is 7.29. The van der Waals surface area contributed by atoms with E-state index in [0.29, 0.717) is 11.4 Å². The first-order valence-electron chi connectivity index (χ1n) is 7.29. The Labute approximate surface area is 140 Å². The highest BCUT2D eigenvalue weighted by molar-refractivity contribution is 6.08. The maximum Gasteiger partial charge on any atom is 0.416 e. The Morgan fingerprint density at radius 1 is 1.16 bits per heavy atom. The van der Waals surface area contributed by atoms with E-state index >= 15 is 0 Å². The van der Waals surface area contributed by atoms with Gasteiger partial charge in [-0.05, 0) is 42.0 Å². The molecule has 0 fully saturated rings. The second kappa shape index (κ2) is 6.43. The van der Waals surface area contributed by atoms with Crippen molar-refractivity contribution in [2.45, 2.75) is 6.18 Å². The number of alkyl halides is 3. The molecule has 7 heteroatoms. The minimum absolute atomic E-state index is 0.0876. The smallest absolute Gasteiger partial charge is 0.416 e. The Morgan fingerprint density at radius 3 is 2.72 bits per heavy atom. The van der Waals surface area contributed by atoms with Crippen LogP contribution in [0, 0.1) is 0 Å². The van der Waals surface area contributed by atoms with Crippen molar-refractivity contribution in [3.63, 3.8) is 0 Å². The number of ether oxygens (including phenoxy) is 1. The van der Waals surface area contributed by atoms with Gasteiger partial charge in [-0.15, -0.1) is 0 Å². The SMILES string of the molecule is O=C1COc2ccc(C(=O)/C=C/c3cccc(C(F)(F)F)c3)cc2N1. The van der Waals surface area contributed by atoms with Crippen molar-refractivity contribution in [3.8, 4) is 5.75 Å². The number of anilines is 1. The van der Waals surface area contributed by atoms with Crippen LogP contribution >= 0.6 is 0 Å². The van der Waals surface area contributed by atoms with Crippen LogP contribution in [-0.4, -0.2) is 18.3 Å². The summed E-state index contributed by atoms with van der Waals surface area (Å²) in [6.45, 7) is -0.0876. The molecule has 0 unspecified atom stereocenters. The number of benzene rings is 2. The van der Waals surface area contributed by atoms with Crippen LogP contribution in [0.15, 0.2) is 48.5 Å². The lowest BCUT2D eigenvalue weighted by Gasteiger charge is -2.17. The van der Waals surface area contributed by atoms with E-state index in [4.69, 9.17) is 4.74 Å². The average Bonchev–Trinajstić information content (AvgIpc) is 2.58. The van der Waals surface area contributed by atoms with Crippen LogP contribution in [0.4, 0.5) is 18.9 Å². The van der Waals surface area contributed by atoms with Gasteiger partial charge in [0, 0.05) is 5.56 Å². The Bertz CT molecular complexity index is 872. The minimum atomic E-state index is -4.44. The van der Waals surface area contributed by atoms with Crippen molar-refractivity contribution in [1.29, 1.82) is 0 Å². The molecule has 0 aliphatic carbocycles. The number of amides is 1. The summed E-state index contributed by atoms with van der Waals surface area (Å²) >= 11 is 0. The van der Waals surface area contributed by atoms with Crippen molar-refractivity contribution in [2.24, 2.45) is 0 Å². The van der Waals surface area contributed by atoms with Gasteiger partial charge < -0.3 is 10.1 Å². The van der Waals surface area contributed by atoms with Crippen molar-refractivity contribution in [1.82, 2.24) is 0 Å². The molecule has 0 saturated heterocycles. The van der Waals surface area contributed by atoms with Crippen LogP contribution in [0.3, 0.4) is 0 Å². The Kier molecular flexibility index (Phi) is 4.31. The Morgan fingerprint density at radius 2 is 1.96 bits per heavy atom. The first-order chi connectivity index (χ1) is 11.8. The molecule has 25 heavy (non-hydrogen) atoms. The zero-order valence-corrected chi connectivity index (χ0v) is 12.8. The highest BCUT2D eigenvalue weighted by Gasteiger charge is 2.30. The van der Waals surface area contributed by atoms with E-state index < -0.39 is 17.5 Å². The molecule has 2 aromatic rings. The Hall–Kier alpha value is -3.09. The van der Waals surface area contributed by atoms with Gasteiger partial charge in [-0.3, -0.25) is 9.59 Å². The molecule has 128 valence electrons. The zero-order valence-electron chi connectivity index (χ0n) is 12.8. The standard InChI is InChI=1S/C18H12F3NO3/c19-18(20,21)13-3-1-2-11(8-13)4-6-15(23)12-5-7-16-14(9-12)22-17(24)10-25-16/h1-9H,10H2,(H,22,24)/b6-4+. The molecule has 1 amide bonds. The summed E-state index contributed by atoms with van der Waals surface area (Å²) in [5.74, 6) is -0.269. The van der Waals surface area contributed by atoms with Gasteiger partial charge >= 0.3 is 6.18 Å². The second-order valence-corrected chi connectivity index (χ2v) is 5.37. The molecule has 0 saturated carbocycles. The fourth-order valence-electron chi connectivity index (χ4n) is 2.32. The lowest BCUT2D eigenvalue weighted by atomic mass is 10.1. The van der Waals surface area contributed by atoms with Crippen LogP contribution < -0.4 is 10.1 Å². The van der Waals surface area contributed by atoms with E-state index in [1.54, 1.807) is 6.07 Å². The van der Waals surface area contributed by atoms with Gasteiger partial charge in [-0.25, -0.2) is 0 Å². The summed E-state index contributed by atoms with van der Waals surface area (Å²) in [6, 6.07) is 9.22. The number of ketones is 1. The van der Waals surface area contributed by atoms with Gasteiger partial charge in [0.1, 0.15) is 5.75 Å². The van der Waals surface area contributed by atoms with E-state index in [2.05, 4.69) is 5.32 Å². The molecule has 0 atom stereocenters. The van der Waals surface area contributed by atoms with E-state index in [1.807, 2.05) is 0 Å². The number of carbonyl (C=O) groups excluding carboxylic acids is 2. The molecule has 4 nitrogen and oxygen atoms in total. The van der Waals surface area contributed by atoms with Gasteiger partial charge in [0.25, 0.3) is 5.91 Å². The maximum atomic E-state index is 12.7. The lowest BCUT2D eigenvalue weighted by molar-refractivity contribution is -0.137. The Balaban J connectivity index is 1.80. The highest BCUT2D eigenvalue weighted by Crippen LogP contribution is 2.30. The van der Waals surface area contributed by atoms with Crippen LogP contribution in [-0.2, 0) is 11.0 Å². The van der Waals surface area contributed by atoms with Crippen LogP contribution in [0.25, 0.3) is 6.08 Å². The zero-order chi connectivity index (χ0) is 18.0. The molecular weight excluding hydrogens is 335 g/mol. The molecule has 1 heterocycles. The number of rotatable bonds is 3. The predicted octanol–water partition coefficient (Wildman–Crippen LogP) is 3.93. The maximum absolute atomic E-state index is 12.7. The number of carbonyl (C=O) groups is 2. The summed E-state index contributed by atoms with van der Waals surface area (Å²) in [5, 5.41) is 2.59. The van der Waals surface area contributed by atoms with E-state index in [-0.39, 0.29) is 23.6 Å². The molecule has 1 N–H and O–H groups in total. The van der Waals surface area contributed by atoms with Gasteiger partial charge in [0.15, 0.2) is 12.4 Å². The molecule has 0 radical (unpaired) electrons. The monoisotopic (exact) mass is 347 g/mol. The van der Waals surface area contributed by atoms with Crippen molar-refractivity contribution >= 4 is 23.5 Å². The average molecular weight is 347 g/mol. The summed E-state index contributed by atoms with van der Waals surface area (Å²) in [4.78, 5) is 23.5. The summed E-state index contributed by atoms with van der Waals surface area (Å²) in [5.41, 5.74) is 0.149. The third-order valence-electron chi connectivity index (χ3n) is 3.54. The number of allylic oxidation sites excluding steroid dienone is 1. The van der Waals surface area contributed by atoms with Crippen molar-refractivity contribution in [2.75, 3.05) is 11.9 Å². The summed E-state index contributed by atoms with van der Waals surface area (Å²) in [7, 11) is 0. The summed E-state index contributed by atoms with van der Waals surface area (Å²) in [6.07, 6.45) is -1.95. The second-order valence-electron chi connectivity index (χ2n) is 5.37. The van der Waals surface area contributed by atoms with Gasteiger partial charge in [-0.2, -0.15) is 13.2 Å². The van der Waals surface area contributed by atoms with E-state index in [1.165, 1.54) is 36.4 Å². The molecular formula is C18H12F3NO3. The quantitative estimate of drug-likeness (QED) is 0.676. The van der Waals surface area contributed by atoms with E-state index in [0.717, 1.165) is 12.1 Å². The van der Waals surface area contributed by atoms with Gasteiger partial charge in [0.2, 0.25) is 0 Å². The number of hydrogen-bond donors (Lipinski definition) is 1. The lowest BCUT2D eigenvalue weighted by Crippen LogP contribution is -2.25. The molecule has 1 aliphatic heterocycles. The molecule has 0 spiro atoms. The third-order valence-corrected chi connectivity index (χ3v) is 3.54. The first kappa shape index (κ1) is 16.8. The van der Waals surface area contributed by atoms with Gasteiger partial charge in [0.05, 0.1) is 11.3 Å². The van der Waals surface area contributed by atoms with Gasteiger partial charge in [-0.1, -0.05) is 18.2 Å². The molecule has 0 bridgehead atoms. The fraction of sp³-hybridized carbons (Fsp3) is 0.111. The topological polar surface area (TPSA) is 55.4 Å². The number of fused-ring (bicyclic) bond motifs is 1. The number of halogens is 3. The molecule has 0 aromatic heterocycles. The molecule has 2 aromatic carbocycles. The van der Waals surface area contributed by atoms with Crippen LogP contribution in [0.1, 0.15) is 21.5 Å². The third kappa shape index (κ3) is 3.88. The van der Waals surface area contributed by atoms with Crippen molar-refractivity contribution in [3.05, 3.63) is 65.2 Å².